The number of rotatable bonds is 12. The predicted octanol–water partition coefficient (Wildman–Crippen LogP) is 7.48. The first kappa shape index (κ1) is 30.4. The van der Waals surface area contributed by atoms with Crippen molar-refractivity contribution in [3.63, 3.8) is 0 Å². The summed E-state index contributed by atoms with van der Waals surface area (Å²) in [5.41, 5.74) is 4.95. The summed E-state index contributed by atoms with van der Waals surface area (Å²) >= 11 is 0. The van der Waals surface area contributed by atoms with Crippen LogP contribution in [-0.2, 0) is 25.9 Å². The van der Waals surface area contributed by atoms with Gasteiger partial charge >= 0.3 is 0 Å². The second-order valence-corrected chi connectivity index (χ2v) is 11.2. The van der Waals surface area contributed by atoms with E-state index in [2.05, 4.69) is 56.3 Å². The Bertz CT molecular complexity index is 1670. The van der Waals surface area contributed by atoms with Gasteiger partial charge in [-0.05, 0) is 81.0 Å². The topological polar surface area (TPSA) is 88.4 Å². The van der Waals surface area contributed by atoms with E-state index in [0.29, 0.717) is 24.1 Å². The molecule has 0 saturated heterocycles. The molecular weight excluding hydrogens is 510 g/mol. The van der Waals surface area contributed by atoms with E-state index in [1.165, 1.54) is 49.7 Å². The average Bonchev–Trinajstić information content (AvgIpc) is 2.98. The molecule has 0 unspecified atom stereocenters. The van der Waals surface area contributed by atoms with Crippen molar-refractivity contribution < 1.29 is 5.48 Å². The number of pyridine rings is 3. The Labute approximate surface area is 242 Å². The molecule has 3 aromatic heterocycles. The van der Waals surface area contributed by atoms with Crippen LogP contribution in [-0.4, -0.2) is 19.6 Å². The molecule has 0 aliphatic carbocycles. The van der Waals surface area contributed by atoms with Crippen molar-refractivity contribution >= 4 is 43.6 Å². The Morgan fingerprint density at radius 2 is 1.00 bits per heavy atom. The number of aryl methyl sites for hydroxylation is 4. The molecule has 6 heteroatoms. The van der Waals surface area contributed by atoms with Crippen molar-refractivity contribution in [2.24, 2.45) is 0 Å². The molecule has 3 heterocycles. The van der Waals surface area contributed by atoms with Gasteiger partial charge in [-0.25, -0.2) is 4.98 Å². The van der Waals surface area contributed by atoms with Gasteiger partial charge in [-0.2, -0.15) is 0 Å². The number of benzene rings is 2. The van der Waals surface area contributed by atoms with Crippen LogP contribution in [0.3, 0.4) is 0 Å². The molecule has 0 atom stereocenters. The van der Waals surface area contributed by atoms with E-state index in [0.717, 1.165) is 58.3 Å². The molecule has 5 rings (SSSR count). The van der Waals surface area contributed by atoms with E-state index in [-0.39, 0.29) is 16.6 Å². The van der Waals surface area contributed by atoms with Crippen LogP contribution in [0.4, 0.5) is 0 Å². The van der Waals surface area contributed by atoms with E-state index >= 15 is 0 Å². The molecule has 0 spiro atoms. The molecule has 218 valence electrons. The van der Waals surface area contributed by atoms with Crippen molar-refractivity contribution in [3.05, 3.63) is 74.3 Å². The van der Waals surface area contributed by atoms with Crippen molar-refractivity contribution in [2.45, 2.75) is 105 Å². The number of fused-ring (bicyclic) bond motifs is 6. The van der Waals surface area contributed by atoms with E-state index in [1.54, 1.807) is 9.13 Å². The smallest absolute Gasteiger partial charge is 0.277 e. The van der Waals surface area contributed by atoms with Crippen LogP contribution < -0.4 is 11.1 Å². The molecule has 0 amide bonds. The Morgan fingerprint density at radius 3 is 1.39 bits per heavy atom. The standard InChI is InChI=1S/C35H43N3O2.H2O/c1-5-9-11-13-15-24-17-19-30-26(21-24)28-23-29-27-22-25(16-14-12-10-6-2)18-20-31(27)38(8-4)35(40)33(29)36-32(28)34(39)37(30)7-3;/h17-23H,5-16H2,1-4H3;1H2. The lowest BCUT2D eigenvalue weighted by Crippen LogP contribution is -2.24. The second kappa shape index (κ2) is 13.4. The summed E-state index contributed by atoms with van der Waals surface area (Å²) in [5.74, 6) is 0. The number of hydrogen-bond donors (Lipinski definition) is 0. The van der Waals surface area contributed by atoms with Gasteiger partial charge in [0.05, 0.1) is 11.0 Å². The molecule has 2 N–H and O–H groups in total. The van der Waals surface area contributed by atoms with Crippen LogP contribution in [0.2, 0.25) is 0 Å². The van der Waals surface area contributed by atoms with Gasteiger partial charge in [-0.1, -0.05) is 64.5 Å². The fourth-order valence-corrected chi connectivity index (χ4v) is 6.24. The maximum Gasteiger partial charge on any atom is 0.277 e. The van der Waals surface area contributed by atoms with Crippen LogP contribution in [0.15, 0.2) is 52.1 Å². The van der Waals surface area contributed by atoms with Crippen LogP contribution in [0.5, 0.6) is 0 Å². The summed E-state index contributed by atoms with van der Waals surface area (Å²) in [6.45, 7) is 9.56. The lowest BCUT2D eigenvalue weighted by molar-refractivity contribution is 0.667. The molecule has 6 nitrogen and oxygen atoms in total. The average molecular weight is 556 g/mol. The van der Waals surface area contributed by atoms with Gasteiger partial charge in [0.15, 0.2) is 0 Å². The highest BCUT2D eigenvalue weighted by atomic mass is 16.1. The summed E-state index contributed by atoms with van der Waals surface area (Å²) < 4.78 is 3.59. The third kappa shape index (κ3) is 5.80. The third-order valence-electron chi connectivity index (χ3n) is 8.47. The van der Waals surface area contributed by atoms with Crippen LogP contribution in [0.1, 0.15) is 90.2 Å². The molecule has 0 fully saturated rings. The van der Waals surface area contributed by atoms with Crippen molar-refractivity contribution in [3.8, 4) is 0 Å². The van der Waals surface area contributed by atoms with Crippen molar-refractivity contribution in [1.82, 2.24) is 14.1 Å². The molecule has 41 heavy (non-hydrogen) atoms. The van der Waals surface area contributed by atoms with E-state index < -0.39 is 0 Å². The van der Waals surface area contributed by atoms with Gasteiger partial charge in [0, 0.05) is 34.6 Å². The third-order valence-corrected chi connectivity index (χ3v) is 8.47. The maximum absolute atomic E-state index is 13.7. The highest BCUT2D eigenvalue weighted by molar-refractivity contribution is 6.13. The predicted molar refractivity (Wildman–Crippen MR) is 173 cm³/mol. The zero-order valence-electron chi connectivity index (χ0n) is 25.2. The molecule has 0 aliphatic heterocycles. The lowest BCUT2D eigenvalue weighted by atomic mass is 9.99. The minimum absolute atomic E-state index is 0. The zero-order chi connectivity index (χ0) is 28.2. The molecule has 0 bridgehead atoms. The first-order chi connectivity index (χ1) is 19.5. The van der Waals surface area contributed by atoms with E-state index in [1.807, 2.05) is 13.8 Å². The first-order valence-electron chi connectivity index (χ1n) is 15.5. The van der Waals surface area contributed by atoms with Gasteiger partial charge in [0.1, 0.15) is 11.0 Å². The Hall–Kier alpha value is -3.51. The fraction of sp³-hybridized carbons (Fsp3) is 0.457. The lowest BCUT2D eigenvalue weighted by Gasteiger charge is -2.16. The highest BCUT2D eigenvalue weighted by Crippen LogP contribution is 2.30. The molecule has 0 aliphatic rings. The highest BCUT2D eigenvalue weighted by Gasteiger charge is 2.18. The molecule has 5 aromatic rings. The van der Waals surface area contributed by atoms with Crippen LogP contribution in [0.25, 0.3) is 43.6 Å². The number of aromatic nitrogens is 3. The minimum Gasteiger partial charge on any atom is -0.412 e. The van der Waals surface area contributed by atoms with Gasteiger partial charge in [-0.15, -0.1) is 0 Å². The summed E-state index contributed by atoms with van der Waals surface area (Å²) in [6, 6.07) is 15.1. The summed E-state index contributed by atoms with van der Waals surface area (Å²) in [5, 5.41) is 3.77. The monoisotopic (exact) mass is 555 g/mol. The largest absolute Gasteiger partial charge is 0.412 e. The summed E-state index contributed by atoms with van der Waals surface area (Å²) in [6.07, 6.45) is 11.8. The van der Waals surface area contributed by atoms with Crippen LogP contribution in [0, 0.1) is 0 Å². The van der Waals surface area contributed by atoms with Crippen molar-refractivity contribution in [2.75, 3.05) is 0 Å². The summed E-state index contributed by atoms with van der Waals surface area (Å²) in [7, 11) is 0. The van der Waals surface area contributed by atoms with Gasteiger partial charge in [0.25, 0.3) is 11.1 Å². The maximum atomic E-state index is 13.7. The Morgan fingerprint density at radius 1 is 0.561 bits per heavy atom. The molecule has 0 saturated carbocycles. The van der Waals surface area contributed by atoms with Crippen LogP contribution >= 0.6 is 0 Å². The number of nitrogens with zero attached hydrogens (tertiary/aromatic N) is 3. The SMILES string of the molecule is CCCCCCc1ccc2c(c1)c1cc3c(nc1c(=O)n2CC)c(=O)n(CC)c1ccc(CCCCCC)cc31.O. The zero-order valence-corrected chi connectivity index (χ0v) is 25.2. The van der Waals surface area contributed by atoms with E-state index in [4.69, 9.17) is 4.98 Å². The number of unbranched alkanes of at least 4 members (excludes halogenated alkanes) is 6. The Kier molecular flexibility index (Phi) is 9.98. The van der Waals surface area contributed by atoms with Gasteiger partial charge in [0.2, 0.25) is 0 Å². The van der Waals surface area contributed by atoms with Crippen molar-refractivity contribution in [1.29, 1.82) is 0 Å². The quantitative estimate of drug-likeness (QED) is 0.0908. The first-order valence-corrected chi connectivity index (χ1v) is 15.5. The molecule has 0 radical (unpaired) electrons. The molecular formula is C35H45N3O3. The normalized spacial score (nSPS) is 11.6. The second-order valence-electron chi connectivity index (χ2n) is 11.2. The number of hydrogen-bond acceptors (Lipinski definition) is 3. The fourth-order valence-electron chi connectivity index (χ4n) is 6.24. The van der Waals surface area contributed by atoms with Gasteiger partial charge < -0.3 is 14.6 Å². The van der Waals surface area contributed by atoms with E-state index in [9.17, 15) is 9.59 Å². The minimum atomic E-state index is -0.130. The summed E-state index contributed by atoms with van der Waals surface area (Å²) in [4.78, 5) is 32.2. The van der Waals surface area contributed by atoms with Gasteiger partial charge in [-0.3, -0.25) is 9.59 Å². The molecule has 2 aromatic carbocycles. The Balaban J connectivity index is 0.00000387.